The summed E-state index contributed by atoms with van der Waals surface area (Å²) in [6.07, 6.45) is 1.21. The molecule has 0 amide bonds. The van der Waals surface area contributed by atoms with Gasteiger partial charge in [0.1, 0.15) is 0 Å². The lowest BCUT2D eigenvalue weighted by atomic mass is 10.2. The summed E-state index contributed by atoms with van der Waals surface area (Å²) in [6, 6.07) is 0. The maximum Gasteiger partial charge on any atom is 0.0827 e. The zero-order valence-corrected chi connectivity index (χ0v) is 5.55. The Morgan fingerprint density at radius 3 is 2.12 bits per heavy atom. The molecule has 2 nitrogen and oxygen atoms in total. The molecule has 1 heterocycles. The van der Waals surface area contributed by atoms with E-state index in [1.54, 1.807) is 0 Å². The van der Waals surface area contributed by atoms with Crippen LogP contribution in [0.1, 0.15) is 20.3 Å². The zero-order valence-electron chi connectivity index (χ0n) is 5.55. The predicted octanol–water partition coefficient (Wildman–Crippen LogP) is 0.794. The molecule has 0 saturated carbocycles. The van der Waals surface area contributed by atoms with E-state index in [-0.39, 0.29) is 12.7 Å². The molecular weight excluding hydrogens is 104 g/mol. The van der Waals surface area contributed by atoms with E-state index >= 15 is 0 Å². The van der Waals surface area contributed by atoms with E-state index in [0.29, 0.717) is 0 Å². The Labute approximate surface area is 50.5 Å². The Kier molecular flexibility index (Phi) is 5.01. The van der Waals surface area contributed by atoms with Crippen molar-refractivity contribution in [2.24, 2.45) is 0 Å². The molecule has 0 aromatic heterocycles. The maximum absolute atomic E-state index is 8.26. The zero-order chi connectivity index (χ0) is 6.41. The van der Waals surface area contributed by atoms with Crippen molar-refractivity contribution in [3.63, 3.8) is 0 Å². The van der Waals surface area contributed by atoms with Crippen LogP contribution in [0.25, 0.3) is 0 Å². The highest BCUT2D eigenvalue weighted by Gasteiger charge is 2.15. The molecule has 1 N–H and O–H groups in total. The summed E-state index contributed by atoms with van der Waals surface area (Å²) >= 11 is 0. The van der Waals surface area contributed by atoms with Crippen molar-refractivity contribution in [2.45, 2.75) is 26.4 Å². The third-order valence-electron chi connectivity index (χ3n) is 0.997. The quantitative estimate of drug-likeness (QED) is 0.551. The van der Waals surface area contributed by atoms with Gasteiger partial charge < -0.3 is 9.84 Å². The normalized spacial score (nSPS) is 25.1. The molecule has 0 aromatic rings. The third-order valence-corrected chi connectivity index (χ3v) is 0.997. The van der Waals surface area contributed by atoms with Gasteiger partial charge in [-0.05, 0) is 6.42 Å². The first kappa shape index (κ1) is 7.92. The lowest BCUT2D eigenvalue weighted by molar-refractivity contribution is -0.0773. The van der Waals surface area contributed by atoms with Crippen LogP contribution in [0.2, 0.25) is 0 Å². The van der Waals surface area contributed by atoms with Crippen LogP contribution in [0.15, 0.2) is 0 Å². The Hall–Kier alpha value is -0.0800. The summed E-state index contributed by atoms with van der Waals surface area (Å²) in [5.74, 6) is 0. The van der Waals surface area contributed by atoms with Gasteiger partial charge in [0, 0.05) is 6.61 Å². The lowest BCUT2D eigenvalue weighted by Gasteiger charge is -2.23. The highest BCUT2D eigenvalue weighted by atomic mass is 16.5. The van der Waals surface area contributed by atoms with Gasteiger partial charge in [-0.15, -0.1) is 0 Å². The molecule has 0 bridgehead atoms. The molecule has 1 rings (SSSR count). The van der Waals surface area contributed by atoms with E-state index in [0.717, 1.165) is 13.0 Å². The van der Waals surface area contributed by atoms with Crippen LogP contribution in [0.4, 0.5) is 0 Å². The van der Waals surface area contributed by atoms with Crippen LogP contribution in [0, 0.1) is 0 Å². The van der Waals surface area contributed by atoms with Crippen molar-refractivity contribution < 1.29 is 9.84 Å². The first-order valence-electron chi connectivity index (χ1n) is 3.16. The molecule has 8 heavy (non-hydrogen) atoms. The molecule has 0 radical (unpaired) electrons. The summed E-state index contributed by atoms with van der Waals surface area (Å²) in [6.45, 7) is 5.03. The minimum absolute atomic E-state index is 0.171. The second-order valence-electron chi connectivity index (χ2n) is 1.46. The highest BCUT2D eigenvalue weighted by Crippen LogP contribution is 2.07. The van der Waals surface area contributed by atoms with Gasteiger partial charge in [0.25, 0.3) is 0 Å². The second kappa shape index (κ2) is 5.06. The molecular formula is C6H14O2. The average Bonchev–Trinajstić information content (AvgIpc) is 1.69. The van der Waals surface area contributed by atoms with E-state index in [1.807, 2.05) is 13.8 Å². The largest absolute Gasteiger partial charge is 0.394 e. The van der Waals surface area contributed by atoms with E-state index in [1.165, 1.54) is 0 Å². The summed E-state index contributed by atoms with van der Waals surface area (Å²) in [7, 11) is 0. The fraction of sp³-hybridized carbons (Fsp3) is 1.00. The minimum atomic E-state index is 0.171. The van der Waals surface area contributed by atoms with Crippen LogP contribution in [0.5, 0.6) is 0 Å². The van der Waals surface area contributed by atoms with E-state index < -0.39 is 0 Å². The van der Waals surface area contributed by atoms with Gasteiger partial charge >= 0.3 is 0 Å². The van der Waals surface area contributed by atoms with Gasteiger partial charge in [0.05, 0.1) is 12.7 Å². The molecule has 0 aliphatic carbocycles. The molecule has 1 fully saturated rings. The van der Waals surface area contributed by atoms with Crippen molar-refractivity contribution in [2.75, 3.05) is 13.2 Å². The molecule has 0 aromatic carbocycles. The summed E-state index contributed by atoms with van der Waals surface area (Å²) in [5.41, 5.74) is 0. The molecule has 2 heteroatoms. The minimum Gasteiger partial charge on any atom is -0.394 e. The van der Waals surface area contributed by atoms with Crippen molar-refractivity contribution in [1.29, 1.82) is 0 Å². The van der Waals surface area contributed by atoms with Gasteiger partial charge in [0.15, 0.2) is 0 Å². The van der Waals surface area contributed by atoms with Crippen molar-refractivity contribution in [3.05, 3.63) is 0 Å². The molecule has 1 aliphatic heterocycles. The molecule has 1 unspecified atom stereocenters. The fourth-order valence-electron chi connectivity index (χ4n) is 0.429. The molecule has 1 saturated heterocycles. The first-order chi connectivity index (χ1) is 3.93. The van der Waals surface area contributed by atoms with Crippen molar-refractivity contribution in [3.8, 4) is 0 Å². The van der Waals surface area contributed by atoms with Crippen LogP contribution in [0.3, 0.4) is 0 Å². The van der Waals surface area contributed by atoms with Gasteiger partial charge in [-0.25, -0.2) is 0 Å². The smallest absolute Gasteiger partial charge is 0.0827 e. The Bertz CT molecular complexity index is 39.0. The highest BCUT2D eigenvalue weighted by molar-refractivity contribution is 4.62. The SMILES string of the molecule is CC.OCC1CCO1. The number of rotatable bonds is 1. The fourth-order valence-corrected chi connectivity index (χ4v) is 0.429. The van der Waals surface area contributed by atoms with E-state index in [2.05, 4.69) is 0 Å². The van der Waals surface area contributed by atoms with E-state index in [4.69, 9.17) is 9.84 Å². The topological polar surface area (TPSA) is 29.5 Å². The number of aliphatic hydroxyl groups is 1. The van der Waals surface area contributed by atoms with E-state index in [9.17, 15) is 0 Å². The second-order valence-corrected chi connectivity index (χ2v) is 1.46. The summed E-state index contributed by atoms with van der Waals surface area (Å²) < 4.78 is 4.83. The predicted molar refractivity (Wildman–Crippen MR) is 32.8 cm³/mol. The molecule has 50 valence electrons. The van der Waals surface area contributed by atoms with Gasteiger partial charge in [-0.2, -0.15) is 0 Å². The van der Waals surface area contributed by atoms with Crippen molar-refractivity contribution in [1.82, 2.24) is 0 Å². The van der Waals surface area contributed by atoms with Crippen LogP contribution in [-0.2, 0) is 4.74 Å². The monoisotopic (exact) mass is 118 g/mol. The number of aliphatic hydroxyl groups excluding tert-OH is 1. The first-order valence-corrected chi connectivity index (χ1v) is 3.16. The molecule has 0 spiro atoms. The lowest BCUT2D eigenvalue weighted by Crippen LogP contribution is -2.29. The summed E-state index contributed by atoms with van der Waals surface area (Å²) in [4.78, 5) is 0. The Balaban J connectivity index is 0.000000222. The van der Waals surface area contributed by atoms with Gasteiger partial charge in [-0.3, -0.25) is 0 Å². The number of ether oxygens (including phenoxy) is 1. The number of hydrogen-bond donors (Lipinski definition) is 1. The number of hydrogen-bond acceptors (Lipinski definition) is 2. The van der Waals surface area contributed by atoms with Gasteiger partial charge in [-0.1, -0.05) is 13.8 Å². The van der Waals surface area contributed by atoms with Crippen LogP contribution < -0.4 is 0 Å². The van der Waals surface area contributed by atoms with Crippen LogP contribution >= 0.6 is 0 Å². The van der Waals surface area contributed by atoms with Gasteiger partial charge in [0.2, 0.25) is 0 Å². The third kappa shape index (κ3) is 2.28. The van der Waals surface area contributed by atoms with Crippen molar-refractivity contribution >= 4 is 0 Å². The Morgan fingerprint density at radius 2 is 2.12 bits per heavy atom. The Morgan fingerprint density at radius 1 is 1.62 bits per heavy atom. The average molecular weight is 118 g/mol. The summed E-state index contributed by atoms with van der Waals surface area (Å²) in [5, 5.41) is 8.26. The van der Waals surface area contributed by atoms with Crippen LogP contribution in [-0.4, -0.2) is 24.4 Å². The standard InChI is InChI=1S/C4H8O2.C2H6/c5-3-4-1-2-6-4;1-2/h4-5H,1-3H2;1-2H3. The maximum atomic E-state index is 8.26. The molecule has 1 atom stereocenters. The molecule has 1 aliphatic rings.